The lowest BCUT2D eigenvalue weighted by Crippen LogP contribution is -2.10. The first kappa shape index (κ1) is 16.3. The molecular formula is C14H10F2N2O2S2. The molecule has 2 rings (SSSR count). The van der Waals surface area contributed by atoms with Crippen LogP contribution < -0.4 is 4.72 Å². The van der Waals surface area contributed by atoms with Crippen molar-refractivity contribution in [1.29, 1.82) is 5.26 Å². The number of anilines is 1. The lowest BCUT2D eigenvalue weighted by Gasteiger charge is -2.11. The van der Waals surface area contributed by atoms with E-state index in [2.05, 4.69) is 4.72 Å². The van der Waals surface area contributed by atoms with Crippen molar-refractivity contribution in [2.45, 2.75) is 9.79 Å². The maximum Gasteiger partial charge on any atom is 0.229 e. The molecule has 0 unspecified atom stereocenters. The van der Waals surface area contributed by atoms with Gasteiger partial charge in [-0.05, 0) is 30.3 Å². The van der Waals surface area contributed by atoms with E-state index >= 15 is 0 Å². The summed E-state index contributed by atoms with van der Waals surface area (Å²) in [7, 11) is -3.53. The molecular weight excluding hydrogens is 330 g/mol. The van der Waals surface area contributed by atoms with E-state index in [1.807, 2.05) is 6.07 Å². The van der Waals surface area contributed by atoms with Crippen LogP contribution in [0.3, 0.4) is 0 Å². The zero-order valence-corrected chi connectivity index (χ0v) is 12.9. The van der Waals surface area contributed by atoms with Crippen molar-refractivity contribution in [2.24, 2.45) is 0 Å². The van der Waals surface area contributed by atoms with Gasteiger partial charge in [0.1, 0.15) is 11.6 Å². The molecule has 0 aliphatic carbocycles. The van der Waals surface area contributed by atoms with E-state index in [0.29, 0.717) is 10.5 Å². The Kier molecular flexibility index (Phi) is 4.68. The smallest absolute Gasteiger partial charge is 0.229 e. The van der Waals surface area contributed by atoms with Crippen LogP contribution in [0.4, 0.5) is 14.5 Å². The molecule has 0 fully saturated rings. The highest BCUT2D eigenvalue weighted by Crippen LogP contribution is 2.36. The number of hydrogen-bond donors (Lipinski definition) is 1. The maximum atomic E-state index is 13.7. The first-order chi connectivity index (χ1) is 10.3. The Morgan fingerprint density at radius 3 is 2.45 bits per heavy atom. The molecule has 0 aliphatic rings. The molecule has 0 radical (unpaired) electrons. The molecule has 0 saturated heterocycles. The highest BCUT2D eigenvalue weighted by Gasteiger charge is 2.13. The Hall–Kier alpha value is -2.11. The quantitative estimate of drug-likeness (QED) is 0.926. The largest absolute Gasteiger partial charge is 0.283 e. The fourth-order valence-corrected chi connectivity index (χ4v) is 3.22. The summed E-state index contributed by atoms with van der Waals surface area (Å²) in [5.41, 5.74) is 0.513. The van der Waals surface area contributed by atoms with Gasteiger partial charge >= 0.3 is 0 Å². The van der Waals surface area contributed by atoms with Crippen LogP contribution in [0.5, 0.6) is 0 Å². The van der Waals surface area contributed by atoms with Gasteiger partial charge in [-0.2, -0.15) is 5.26 Å². The van der Waals surface area contributed by atoms with Gasteiger partial charge in [-0.25, -0.2) is 17.2 Å². The van der Waals surface area contributed by atoms with Crippen LogP contribution in [0.25, 0.3) is 0 Å². The summed E-state index contributed by atoms with van der Waals surface area (Å²) in [5, 5.41) is 8.92. The molecule has 1 N–H and O–H groups in total. The van der Waals surface area contributed by atoms with Gasteiger partial charge < -0.3 is 0 Å². The van der Waals surface area contributed by atoms with Gasteiger partial charge in [0.05, 0.1) is 23.6 Å². The van der Waals surface area contributed by atoms with Crippen molar-refractivity contribution in [3.8, 4) is 6.07 Å². The van der Waals surface area contributed by atoms with Crippen LogP contribution >= 0.6 is 11.8 Å². The maximum absolute atomic E-state index is 13.7. The summed E-state index contributed by atoms with van der Waals surface area (Å²) >= 11 is 0.900. The molecule has 0 heterocycles. The van der Waals surface area contributed by atoms with E-state index in [1.54, 1.807) is 0 Å². The molecule has 0 aromatic heterocycles. The predicted molar refractivity (Wildman–Crippen MR) is 80.1 cm³/mol. The van der Waals surface area contributed by atoms with Gasteiger partial charge in [0.15, 0.2) is 0 Å². The van der Waals surface area contributed by atoms with Crippen LogP contribution in [0.15, 0.2) is 46.2 Å². The van der Waals surface area contributed by atoms with E-state index < -0.39 is 21.7 Å². The predicted octanol–water partition coefficient (Wildman–Crippen LogP) is 3.36. The summed E-state index contributed by atoms with van der Waals surface area (Å²) in [5.74, 6) is -1.47. The normalized spacial score (nSPS) is 11.0. The minimum absolute atomic E-state index is 0.119. The molecule has 0 aliphatic heterocycles. The van der Waals surface area contributed by atoms with E-state index in [0.717, 1.165) is 30.2 Å². The number of nitriles is 1. The number of nitrogens with one attached hydrogen (secondary N) is 1. The second-order valence-corrected chi connectivity index (χ2v) is 7.21. The summed E-state index contributed by atoms with van der Waals surface area (Å²) in [6, 6.07) is 9.30. The Balaban J connectivity index is 2.45. The summed E-state index contributed by atoms with van der Waals surface area (Å²) < 4.78 is 51.7. The van der Waals surface area contributed by atoms with Crippen LogP contribution in [-0.2, 0) is 10.0 Å². The molecule has 0 saturated carbocycles. The highest BCUT2D eigenvalue weighted by molar-refractivity contribution is 7.99. The molecule has 4 nitrogen and oxygen atoms in total. The summed E-state index contributed by atoms with van der Waals surface area (Å²) in [6.07, 6.45) is 0.984. The van der Waals surface area contributed by atoms with Crippen molar-refractivity contribution in [1.82, 2.24) is 0 Å². The van der Waals surface area contributed by atoms with Crippen LogP contribution in [0.1, 0.15) is 5.56 Å². The minimum atomic E-state index is -3.53. The van der Waals surface area contributed by atoms with Crippen molar-refractivity contribution in [2.75, 3.05) is 11.0 Å². The van der Waals surface area contributed by atoms with Crippen molar-refractivity contribution in [3.63, 3.8) is 0 Å². The van der Waals surface area contributed by atoms with Gasteiger partial charge in [0, 0.05) is 15.9 Å². The molecule has 114 valence electrons. The first-order valence-corrected chi connectivity index (χ1v) is 8.64. The van der Waals surface area contributed by atoms with Crippen molar-refractivity contribution in [3.05, 3.63) is 53.6 Å². The number of halogens is 2. The third kappa shape index (κ3) is 4.19. The Morgan fingerprint density at radius 2 is 1.86 bits per heavy atom. The lowest BCUT2D eigenvalue weighted by atomic mass is 10.2. The highest BCUT2D eigenvalue weighted by atomic mass is 32.2. The molecule has 0 atom stereocenters. The second kappa shape index (κ2) is 6.34. The average Bonchev–Trinajstić information content (AvgIpc) is 2.42. The summed E-state index contributed by atoms with van der Waals surface area (Å²) in [6.45, 7) is 0. The fourth-order valence-electron chi connectivity index (χ4n) is 1.64. The SMILES string of the molecule is CS(=O)(=O)Nc1ccc(C#N)cc1Sc1ccc(F)cc1F. The fraction of sp³-hybridized carbons (Fsp3) is 0.0714. The second-order valence-electron chi connectivity index (χ2n) is 4.37. The Morgan fingerprint density at radius 1 is 1.14 bits per heavy atom. The van der Waals surface area contributed by atoms with Crippen LogP contribution in [-0.4, -0.2) is 14.7 Å². The average molecular weight is 340 g/mol. The van der Waals surface area contributed by atoms with Crippen molar-refractivity contribution >= 4 is 27.5 Å². The molecule has 0 amide bonds. The zero-order valence-electron chi connectivity index (χ0n) is 11.3. The van der Waals surface area contributed by atoms with Gasteiger partial charge in [-0.15, -0.1) is 0 Å². The monoisotopic (exact) mass is 340 g/mol. The zero-order chi connectivity index (χ0) is 16.3. The van der Waals surface area contributed by atoms with Gasteiger partial charge in [-0.1, -0.05) is 11.8 Å². The van der Waals surface area contributed by atoms with E-state index in [1.165, 1.54) is 24.3 Å². The van der Waals surface area contributed by atoms with E-state index in [-0.39, 0.29) is 10.6 Å². The Bertz CT molecular complexity index is 862. The number of nitrogens with zero attached hydrogens (tertiary/aromatic N) is 1. The molecule has 2 aromatic rings. The first-order valence-electron chi connectivity index (χ1n) is 5.93. The number of benzene rings is 2. The standard InChI is InChI=1S/C14H10F2N2O2S2/c1-22(19,20)18-12-4-2-9(8-17)6-14(12)21-13-5-3-10(15)7-11(13)16/h2-7,18H,1H3. The van der Waals surface area contributed by atoms with Gasteiger partial charge in [0.2, 0.25) is 10.0 Å². The third-order valence-electron chi connectivity index (χ3n) is 2.52. The van der Waals surface area contributed by atoms with Crippen molar-refractivity contribution < 1.29 is 17.2 Å². The summed E-state index contributed by atoms with van der Waals surface area (Å²) in [4.78, 5) is 0.461. The molecule has 2 aromatic carbocycles. The minimum Gasteiger partial charge on any atom is -0.283 e. The number of hydrogen-bond acceptors (Lipinski definition) is 4. The van der Waals surface area contributed by atoms with Gasteiger partial charge in [-0.3, -0.25) is 4.72 Å². The van der Waals surface area contributed by atoms with E-state index in [4.69, 9.17) is 5.26 Å². The topological polar surface area (TPSA) is 70.0 Å². The Labute approximate surface area is 130 Å². The third-order valence-corrected chi connectivity index (χ3v) is 4.22. The van der Waals surface area contributed by atoms with E-state index in [9.17, 15) is 17.2 Å². The number of rotatable bonds is 4. The molecule has 0 bridgehead atoms. The van der Waals surface area contributed by atoms with Crippen LogP contribution in [0, 0.1) is 23.0 Å². The molecule has 22 heavy (non-hydrogen) atoms. The van der Waals surface area contributed by atoms with Crippen LogP contribution in [0.2, 0.25) is 0 Å². The molecule has 0 spiro atoms. The molecule has 8 heteroatoms. The van der Waals surface area contributed by atoms with Gasteiger partial charge in [0.25, 0.3) is 0 Å². The lowest BCUT2D eigenvalue weighted by molar-refractivity contribution is 0.565. The number of sulfonamides is 1.